The van der Waals surface area contributed by atoms with E-state index in [2.05, 4.69) is 20.1 Å². The molecule has 1 aliphatic heterocycles. The lowest BCUT2D eigenvalue weighted by molar-refractivity contribution is -0.173. The van der Waals surface area contributed by atoms with Gasteiger partial charge in [-0.15, -0.1) is 0 Å². The van der Waals surface area contributed by atoms with Gasteiger partial charge in [-0.3, -0.25) is 14.8 Å². The van der Waals surface area contributed by atoms with Gasteiger partial charge < -0.3 is 9.84 Å². The highest BCUT2D eigenvalue weighted by molar-refractivity contribution is 5.75. The van der Waals surface area contributed by atoms with Crippen LogP contribution in [0.1, 0.15) is 43.8 Å². The van der Waals surface area contributed by atoms with Crippen LogP contribution in [0.2, 0.25) is 0 Å². The van der Waals surface area contributed by atoms with Crippen LogP contribution < -0.4 is 0 Å². The third kappa shape index (κ3) is 3.37. The molecule has 0 radical (unpaired) electrons. The third-order valence-corrected chi connectivity index (χ3v) is 6.15. The van der Waals surface area contributed by atoms with Crippen LogP contribution in [-0.2, 0) is 9.53 Å². The number of aromatic amines is 1. The summed E-state index contributed by atoms with van der Waals surface area (Å²) in [6.07, 6.45) is 4.42. The molecule has 1 saturated heterocycles. The zero-order chi connectivity index (χ0) is 18.9. The molecular weight excluding hydrogens is 344 g/mol. The Kier molecular flexibility index (Phi) is 4.97. The highest BCUT2D eigenvalue weighted by atomic mass is 16.5. The van der Waals surface area contributed by atoms with Crippen LogP contribution in [-0.4, -0.2) is 63.0 Å². The summed E-state index contributed by atoms with van der Waals surface area (Å²) in [5.41, 5.74) is 0.473. The van der Waals surface area contributed by atoms with Crippen LogP contribution in [0.25, 0.3) is 11.4 Å². The fraction of sp³-hybridized carbons (Fsp3) is 0.550. The van der Waals surface area contributed by atoms with E-state index in [1.54, 1.807) is 7.11 Å². The van der Waals surface area contributed by atoms with Crippen molar-refractivity contribution in [2.45, 2.75) is 49.7 Å². The van der Waals surface area contributed by atoms with Crippen LogP contribution in [0.4, 0.5) is 0 Å². The average molecular weight is 370 g/mol. The van der Waals surface area contributed by atoms with Gasteiger partial charge in [-0.25, -0.2) is 4.98 Å². The molecule has 1 aromatic carbocycles. The molecule has 1 saturated carbocycles. The molecule has 4 rings (SSSR count). The summed E-state index contributed by atoms with van der Waals surface area (Å²) in [4.78, 5) is 18.7. The average Bonchev–Trinajstić information content (AvgIpc) is 3.15. The largest absolute Gasteiger partial charge is 0.480 e. The summed E-state index contributed by atoms with van der Waals surface area (Å²) in [5, 5.41) is 17.3. The predicted octanol–water partition coefficient (Wildman–Crippen LogP) is 2.67. The predicted molar refractivity (Wildman–Crippen MR) is 100 cm³/mol. The Hall–Kier alpha value is -2.25. The number of nitrogens with one attached hydrogen (secondary N) is 1. The van der Waals surface area contributed by atoms with Crippen molar-refractivity contribution in [1.82, 2.24) is 20.1 Å². The fourth-order valence-electron chi connectivity index (χ4n) is 4.43. The smallest absolute Gasteiger partial charge is 0.323 e. The number of hydrogen-bond donors (Lipinski definition) is 2. The Morgan fingerprint density at radius 2 is 2.00 bits per heavy atom. The second kappa shape index (κ2) is 7.40. The van der Waals surface area contributed by atoms with E-state index in [4.69, 9.17) is 4.74 Å². The molecule has 7 nitrogen and oxygen atoms in total. The lowest BCUT2D eigenvalue weighted by atomic mass is 9.73. The van der Waals surface area contributed by atoms with Gasteiger partial charge in [-0.05, 0) is 45.2 Å². The molecule has 2 N–H and O–H groups in total. The molecule has 144 valence electrons. The maximum Gasteiger partial charge on any atom is 0.323 e. The highest BCUT2D eigenvalue weighted by Gasteiger charge is 2.51. The molecule has 1 aromatic heterocycles. The summed E-state index contributed by atoms with van der Waals surface area (Å²) >= 11 is 0. The van der Waals surface area contributed by atoms with Gasteiger partial charge in [0.1, 0.15) is 11.9 Å². The van der Waals surface area contributed by atoms with Crippen LogP contribution >= 0.6 is 0 Å². The number of nitrogens with zero attached hydrogens (tertiary/aromatic N) is 3. The quantitative estimate of drug-likeness (QED) is 0.812. The minimum Gasteiger partial charge on any atom is -0.480 e. The minimum atomic E-state index is -0.777. The van der Waals surface area contributed by atoms with Gasteiger partial charge in [0.05, 0.1) is 5.60 Å². The molecule has 1 unspecified atom stereocenters. The van der Waals surface area contributed by atoms with Crippen molar-refractivity contribution in [3.63, 3.8) is 0 Å². The molecule has 2 aromatic rings. The highest BCUT2D eigenvalue weighted by Crippen LogP contribution is 2.41. The van der Waals surface area contributed by atoms with Gasteiger partial charge >= 0.3 is 5.97 Å². The van der Waals surface area contributed by atoms with Crippen molar-refractivity contribution < 1.29 is 14.6 Å². The fourth-order valence-corrected chi connectivity index (χ4v) is 4.43. The van der Waals surface area contributed by atoms with Gasteiger partial charge in [0.25, 0.3) is 0 Å². The summed E-state index contributed by atoms with van der Waals surface area (Å²) < 4.78 is 5.66. The molecule has 2 heterocycles. The van der Waals surface area contributed by atoms with Gasteiger partial charge in [0, 0.05) is 18.6 Å². The van der Waals surface area contributed by atoms with E-state index in [9.17, 15) is 9.90 Å². The zero-order valence-corrected chi connectivity index (χ0v) is 15.6. The van der Waals surface area contributed by atoms with Crippen molar-refractivity contribution >= 4 is 5.97 Å². The number of ether oxygens (including phenoxy) is 1. The monoisotopic (exact) mass is 370 g/mol. The Labute approximate surface area is 158 Å². The van der Waals surface area contributed by atoms with Crippen LogP contribution in [0.5, 0.6) is 0 Å². The molecule has 1 atom stereocenters. The van der Waals surface area contributed by atoms with Crippen molar-refractivity contribution in [2.24, 2.45) is 0 Å². The molecule has 7 heteroatoms. The summed E-state index contributed by atoms with van der Waals surface area (Å²) in [6, 6.07) is 9.35. The molecule has 0 bridgehead atoms. The number of aliphatic carboxylic acids is 1. The summed E-state index contributed by atoms with van der Waals surface area (Å²) in [6.45, 7) is 1.46. The minimum absolute atomic E-state index is 0.278. The first kappa shape index (κ1) is 18.1. The summed E-state index contributed by atoms with van der Waals surface area (Å²) in [5.74, 6) is 1.11. The van der Waals surface area contributed by atoms with Gasteiger partial charge in [0.15, 0.2) is 5.82 Å². The number of benzene rings is 1. The van der Waals surface area contributed by atoms with Crippen molar-refractivity contribution in [1.29, 1.82) is 0 Å². The molecule has 2 aliphatic rings. The van der Waals surface area contributed by atoms with Crippen LogP contribution in [0.3, 0.4) is 0 Å². The second-order valence-corrected chi connectivity index (χ2v) is 7.58. The van der Waals surface area contributed by atoms with Crippen molar-refractivity contribution in [3.05, 3.63) is 36.2 Å². The van der Waals surface area contributed by atoms with Crippen LogP contribution in [0.15, 0.2) is 30.3 Å². The van der Waals surface area contributed by atoms with E-state index in [0.717, 1.165) is 56.6 Å². The maximum absolute atomic E-state index is 12.0. The van der Waals surface area contributed by atoms with Gasteiger partial charge in [0.2, 0.25) is 0 Å². The van der Waals surface area contributed by atoms with E-state index in [-0.39, 0.29) is 5.92 Å². The van der Waals surface area contributed by atoms with Gasteiger partial charge in [-0.2, -0.15) is 5.10 Å². The Bertz CT molecular complexity index is 774. The Morgan fingerprint density at radius 3 is 2.56 bits per heavy atom. The first-order valence-corrected chi connectivity index (χ1v) is 9.63. The zero-order valence-electron chi connectivity index (χ0n) is 15.6. The molecule has 1 aliphatic carbocycles. The Morgan fingerprint density at radius 1 is 1.30 bits per heavy atom. The number of likely N-dealkylation sites (tertiary alicyclic amines) is 1. The topological polar surface area (TPSA) is 91.3 Å². The third-order valence-electron chi connectivity index (χ3n) is 6.15. The number of piperidine rings is 1. The standard InChI is InChI=1S/C20H26N4O3/c1-27-20(10-5-11-20)16(19(25)26)24-12-8-15(9-13-24)18-21-17(22-23-18)14-6-3-2-4-7-14/h2-4,6-7,15-16H,5,8-13H2,1H3,(H,25,26)(H,21,22,23). The Balaban J connectivity index is 1.43. The molecular formula is C20H26N4O3. The normalized spacial score (nSPS) is 21.5. The van der Waals surface area contributed by atoms with E-state index < -0.39 is 17.6 Å². The number of carbonyl (C=O) groups is 1. The summed E-state index contributed by atoms with van der Waals surface area (Å²) in [7, 11) is 1.64. The number of H-pyrrole nitrogens is 1. The molecule has 0 amide bonds. The first-order valence-electron chi connectivity index (χ1n) is 9.63. The SMILES string of the molecule is COC1(C(C(=O)O)N2CCC(c3nc(-c4ccccc4)n[nH]3)CC2)CCC1. The number of rotatable bonds is 6. The molecule has 0 spiro atoms. The van der Waals surface area contributed by atoms with Crippen molar-refractivity contribution in [2.75, 3.05) is 20.2 Å². The lowest BCUT2D eigenvalue weighted by Crippen LogP contribution is -2.62. The molecule has 2 fully saturated rings. The first-order chi connectivity index (χ1) is 13.1. The number of carboxylic acids is 1. The lowest BCUT2D eigenvalue weighted by Gasteiger charge is -2.49. The number of methoxy groups -OCH3 is 1. The molecule has 27 heavy (non-hydrogen) atoms. The van der Waals surface area contributed by atoms with E-state index >= 15 is 0 Å². The second-order valence-electron chi connectivity index (χ2n) is 7.58. The van der Waals surface area contributed by atoms with Gasteiger partial charge in [-0.1, -0.05) is 30.3 Å². The maximum atomic E-state index is 12.0. The van der Waals surface area contributed by atoms with Crippen molar-refractivity contribution in [3.8, 4) is 11.4 Å². The van der Waals surface area contributed by atoms with E-state index in [1.807, 2.05) is 30.3 Å². The van der Waals surface area contributed by atoms with E-state index in [0.29, 0.717) is 5.82 Å². The number of carboxylic acid groups (broad SMARTS) is 1. The number of aromatic nitrogens is 3. The van der Waals surface area contributed by atoms with Crippen LogP contribution in [0, 0.1) is 0 Å². The van der Waals surface area contributed by atoms with E-state index in [1.165, 1.54) is 0 Å². The number of hydrogen-bond acceptors (Lipinski definition) is 5.